The Kier molecular flexibility index (Phi) is 75.4. The van der Waals surface area contributed by atoms with Gasteiger partial charge in [-0.15, -0.1) is 0 Å². The molecule has 0 aromatic rings. The van der Waals surface area contributed by atoms with Gasteiger partial charge in [-0.1, -0.05) is 383 Å². The number of aliphatic hydroxyl groups is 2. The van der Waals surface area contributed by atoms with Crippen LogP contribution in [0, 0.1) is 0 Å². The Morgan fingerprint density at radius 3 is 0.886 bits per heavy atom. The number of unbranched alkanes of at least 4 members (excludes halogenated alkanes) is 58. The Balaban J connectivity index is 3.37. The van der Waals surface area contributed by atoms with Gasteiger partial charge in [0.1, 0.15) is 0 Å². The van der Waals surface area contributed by atoms with Gasteiger partial charge in [-0.25, -0.2) is 0 Å². The lowest BCUT2D eigenvalue weighted by Gasteiger charge is -2.20. The maximum Gasteiger partial charge on any atom is 0.305 e. The third-order valence-electron chi connectivity index (χ3n) is 18.6. The summed E-state index contributed by atoms with van der Waals surface area (Å²) in [6.07, 6.45) is 102. The molecule has 0 aromatic carbocycles. The van der Waals surface area contributed by atoms with Crippen LogP contribution >= 0.6 is 0 Å². The molecule has 0 aliphatic rings. The zero-order valence-electron chi connectivity index (χ0n) is 59.5. The molecule has 0 aromatic heterocycles. The molecule has 0 spiro atoms. The summed E-state index contributed by atoms with van der Waals surface area (Å²) in [6, 6.07) is -0.627. The third-order valence-corrected chi connectivity index (χ3v) is 18.6. The van der Waals surface area contributed by atoms with Gasteiger partial charge in [0.05, 0.1) is 25.4 Å². The standard InChI is InChI=1S/C82H155NO5/c1-3-5-7-9-11-13-15-17-19-21-22-40-43-46-50-54-58-62-66-70-74-80(85)79(78-84)83-81(86)75-71-67-63-59-55-51-47-44-41-38-36-34-32-30-28-26-24-23-25-27-29-31-33-35-37-39-42-45-49-53-57-61-65-69-73-77-88-82(87)76-72-68-64-60-56-52-48-20-18-16-14-12-10-8-6-4-2/h14,16,20,25,27,48,70,74,79-80,84-85H,3-13,15,17-19,21-24,26,28-47,49-69,71-73,75-78H2,1-2H3,(H,83,86)/b16-14-,27-25-,48-20-,74-70+. The Hall–Kier alpha value is -2.18. The maximum atomic E-state index is 12.5. The summed E-state index contributed by atoms with van der Waals surface area (Å²) in [4.78, 5) is 24.6. The van der Waals surface area contributed by atoms with Crippen LogP contribution in [0.1, 0.15) is 438 Å². The van der Waals surface area contributed by atoms with Crippen LogP contribution in [-0.2, 0) is 14.3 Å². The van der Waals surface area contributed by atoms with E-state index in [1.807, 2.05) is 6.08 Å². The molecule has 0 bridgehead atoms. The number of allylic oxidation sites excluding steroid dienone is 7. The molecule has 1 amide bonds. The van der Waals surface area contributed by atoms with Crippen LogP contribution in [0.4, 0.5) is 0 Å². The molecule has 88 heavy (non-hydrogen) atoms. The van der Waals surface area contributed by atoms with E-state index >= 15 is 0 Å². The summed E-state index contributed by atoms with van der Waals surface area (Å²) in [5.74, 6) is -0.0536. The molecule has 0 aliphatic carbocycles. The largest absolute Gasteiger partial charge is 0.466 e. The fourth-order valence-corrected chi connectivity index (χ4v) is 12.5. The maximum absolute atomic E-state index is 12.5. The highest BCUT2D eigenvalue weighted by molar-refractivity contribution is 5.76. The van der Waals surface area contributed by atoms with E-state index in [0.29, 0.717) is 19.4 Å². The Morgan fingerprint density at radius 1 is 0.318 bits per heavy atom. The van der Waals surface area contributed by atoms with Crippen molar-refractivity contribution in [2.24, 2.45) is 0 Å². The first kappa shape index (κ1) is 85.8. The van der Waals surface area contributed by atoms with Crippen LogP contribution in [0.15, 0.2) is 48.6 Å². The molecule has 518 valence electrons. The van der Waals surface area contributed by atoms with E-state index in [1.165, 1.54) is 360 Å². The van der Waals surface area contributed by atoms with Crippen LogP contribution in [0.3, 0.4) is 0 Å². The monoisotopic (exact) mass is 1230 g/mol. The highest BCUT2D eigenvalue weighted by Gasteiger charge is 2.18. The second-order valence-electron chi connectivity index (χ2n) is 27.4. The highest BCUT2D eigenvalue weighted by atomic mass is 16.5. The van der Waals surface area contributed by atoms with Gasteiger partial charge in [-0.2, -0.15) is 0 Å². The molecule has 0 radical (unpaired) electrons. The van der Waals surface area contributed by atoms with E-state index < -0.39 is 12.1 Å². The number of hydrogen-bond acceptors (Lipinski definition) is 5. The number of rotatable bonds is 75. The zero-order chi connectivity index (χ0) is 63.5. The number of hydrogen-bond donors (Lipinski definition) is 3. The number of esters is 1. The van der Waals surface area contributed by atoms with Crippen molar-refractivity contribution < 1.29 is 24.5 Å². The van der Waals surface area contributed by atoms with Crippen molar-refractivity contribution in [3.8, 4) is 0 Å². The number of nitrogens with one attached hydrogen (secondary N) is 1. The van der Waals surface area contributed by atoms with Crippen LogP contribution in [0.2, 0.25) is 0 Å². The van der Waals surface area contributed by atoms with Crippen molar-refractivity contribution in [1.29, 1.82) is 0 Å². The van der Waals surface area contributed by atoms with E-state index in [9.17, 15) is 19.8 Å². The normalized spacial score (nSPS) is 12.7. The molecule has 0 aliphatic heterocycles. The quantitative estimate of drug-likeness (QED) is 0.0320. The highest BCUT2D eigenvalue weighted by Crippen LogP contribution is 2.19. The lowest BCUT2D eigenvalue weighted by molar-refractivity contribution is -0.143. The fraction of sp³-hybridized carbons (Fsp3) is 0.878. The third kappa shape index (κ3) is 72.9. The molecule has 2 unspecified atom stereocenters. The van der Waals surface area contributed by atoms with Gasteiger partial charge < -0.3 is 20.3 Å². The Morgan fingerprint density at radius 2 is 0.568 bits per heavy atom. The molecular weight excluding hydrogens is 1080 g/mol. The summed E-state index contributed by atoms with van der Waals surface area (Å²) >= 11 is 0. The van der Waals surface area contributed by atoms with Crippen molar-refractivity contribution in [3.63, 3.8) is 0 Å². The second kappa shape index (κ2) is 77.3. The topological polar surface area (TPSA) is 95.9 Å². The smallest absolute Gasteiger partial charge is 0.305 e. The van der Waals surface area contributed by atoms with Gasteiger partial charge in [0.15, 0.2) is 0 Å². The van der Waals surface area contributed by atoms with E-state index in [1.54, 1.807) is 6.08 Å². The molecule has 2 atom stereocenters. The van der Waals surface area contributed by atoms with Crippen molar-refractivity contribution in [2.45, 2.75) is 450 Å². The van der Waals surface area contributed by atoms with Gasteiger partial charge >= 0.3 is 5.97 Å². The molecule has 0 rings (SSSR count). The average Bonchev–Trinajstić information content (AvgIpc) is 3.58. The van der Waals surface area contributed by atoms with E-state index in [2.05, 4.69) is 55.6 Å². The molecule has 3 N–H and O–H groups in total. The molecule has 6 nitrogen and oxygen atoms in total. The number of carbonyl (C=O) groups is 2. The molecule has 0 saturated heterocycles. The van der Waals surface area contributed by atoms with Crippen molar-refractivity contribution >= 4 is 11.9 Å². The number of amides is 1. The summed E-state index contributed by atoms with van der Waals surface area (Å²) in [7, 11) is 0. The zero-order valence-corrected chi connectivity index (χ0v) is 59.5. The molecule has 0 heterocycles. The lowest BCUT2D eigenvalue weighted by Crippen LogP contribution is -2.45. The minimum atomic E-state index is -0.843. The number of carbonyl (C=O) groups excluding carboxylic acids is 2. The SMILES string of the molecule is CCCCCC/C=C\C/C=C\CCCCCCCC(=O)OCCCCCCCCCCCCCCCC/C=C\CCCCCCCCCCCCCCCCCCCC(=O)NC(CO)C(O)/C=C/CCCCCCCCCCCCCCCCCCCC. The summed E-state index contributed by atoms with van der Waals surface area (Å²) in [6.45, 7) is 4.92. The second-order valence-corrected chi connectivity index (χ2v) is 27.4. The summed E-state index contributed by atoms with van der Waals surface area (Å²) < 4.78 is 5.50. The predicted molar refractivity (Wildman–Crippen MR) is 389 cm³/mol. The predicted octanol–water partition coefficient (Wildman–Crippen LogP) is 26.4. The molecule has 0 fully saturated rings. The minimum absolute atomic E-state index is 0.00690. The van der Waals surface area contributed by atoms with Gasteiger partial charge in [-0.3, -0.25) is 9.59 Å². The number of aliphatic hydroxyl groups excluding tert-OH is 2. The van der Waals surface area contributed by atoms with Gasteiger partial charge in [0.25, 0.3) is 0 Å². The van der Waals surface area contributed by atoms with Crippen molar-refractivity contribution in [2.75, 3.05) is 13.2 Å². The van der Waals surface area contributed by atoms with Crippen molar-refractivity contribution in [3.05, 3.63) is 48.6 Å². The van der Waals surface area contributed by atoms with Gasteiger partial charge in [-0.05, 0) is 89.9 Å². The molecular formula is C82H155NO5. The number of ether oxygens (including phenoxy) is 1. The first-order valence-electron chi connectivity index (χ1n) is 39.9. The van der Waals surface area contributed by atoms with Gasteiger partial charge in [0.2, 0.25) is 5.91 Å². The van der Waals surface area contributed by atoms with Crippen LogP contribution in [0.25, 0.3) is 0 Å². The van der Waals surface area contributed by atoms with Crippen molar-refractivity contribution in [1.82, 2.24) is 5.32 Å². The van der Waals surface area contributed by atoms with Gasteiger partial charge in [0, 0.05) is 12.8 Å². The van der Waals surface area contributed by atoms with E-state index in [4.69, 9.17) is 4.74 Å². The first-order valence-corrected chi connectivity index (χ1v) is 39.9. The Labute approximate surface area is 550 Å². The van der Waals surface area contributed by atoms with Crippen LogP contribution in [0.5, 0.6) is 0 Å². The molecule has 0 saturated carbocycles. The fourth-order valence-electron chi connectivity index (χ4n) is 12.5. The lowest BCUT2D eigenvalue weighted by atomic mass is 10.0. The minimum Gasteiger partial charge on any atom is -0.466 e. The average molecular weight is 1240 g/mol. The summed E-state index contributed by atoms with van der Waals surface area (Å²) in [5, 5.41) is 23.3. The summed E-state index contributed by atoms with van der Waals surface area (Å²) in [5.41, 5.74) is 0. The first-order chi connectivity index (χ1) is 43.5. The van der Waals surface area contributed by atoms with E-state index in [0.717, 1.165) is 51.4 Å². The Bertz CT molecular complexity index is 1470. The van der Waals surface area contributed by atoms with Crippen LogP contribution < -0.4 is 5.32 Å². The van der Waals surface area contributed by atoms with E-state index in [-0.39, 0.29) is 18.5 Å². The molecule has 6 heteroatoms. The van der Waals surface area contributed by atoms with Crippen LogP contribution in [-0.4, -0.2) is 47.4 Å².